The molecule has 0 saturated heterocycles. The molecule has 0 unspecified atom stereocenters. The minimum absolute atomic E-state index is 0.738. The number of unbranched alkanes of at least 4 members (excludes halogenated alkanes) is 2. The molecule has 0 atom stereocenters. The fourth-order valence-corrected chi connectivity index (χ4v) is 2.54. The topological polar surface area (TPSA) is 42.8 Å². The van der Waals surface area contributed by atoms with Crippen LogP contribution in [-0.2, 0) is 11.3 Å². The molecule has 0 fully saturated rings. The molecule has 1 N–H and O–H groups in total. The zero-order valence-corrected chi connectivity index (χ0v) is 12.7. The first-order chi connectivity index (χ1) is 8.72. The summed E-state index contributed by atoms with van der Waals surface area (Å²) in [5, 5.41) is 0. The van der Waals surface area contributed by atoms with Gasteiger partial charge in [0.2, 0.25) is 0 Å². The lowest BCUT2D eigenvalue weighted by molar-refractivity contribution is 0.191. The second-order valence-electron chi connectivity index (χ2n) is 4.16. The van der Waals surface area contributed by atoms with Crippen molar-refractivity contribution in [1.29, 1.82) is 0 Å². The molecule has 98 valence electrons. The first kappa shape index (κ1) is 13.7. The van der Waals surface area contributed by atoms with Gasteiger partial charge in [0.1, 0.15) is 0 Å². The number of ether oxygens (including phenoxy) is 1. The molecule has 4 nitrogen and oxygen atoms in total. The van der Waals surface area contributed by atoms with Crippen LogP contribution in [0, 0.1) is 4.77 Å². The van der Waals surface area contributed by atoms with Gasteiger partial charge in [-0.25, -0.2) is 4.98 Å². The van der Waals surface area contributed by atoms with Crippen LogP contribution in [0.5, 0.6) is 0 Å². The van der Waals surface area contributed by atoms with Crippen molar-refractivity contribution in [1.82, 2.24) is 14.5 Å². The summed E-state index contributed by atoms with van der Waals surface area (Å²) in [4.78, 5) is 7.59. The fraction of sp³-hybridized carbons (Fsp3) is 0.500. The molecule has 0 saturated carbocycles. The van der Waals surface area contributed by atoms with Gasteiger partial charge in [0.15, 0.2) is 10.4 Å². The first-order valence-electron chi connectivity index (χ1n) is 5.95. The highest BCUT2D eigenvalue weighted by atomic mass is 79.9. The van der Waals surface area contributed by atoms with Crippen molar-refractivity contribution in [3.63, 3.8) is 0 Å². The van der Waals surface area contributed by atoms with Gasteiger partial charge in [-0.15, -0.1) is 0 Å². The Kier molecular flexibility index (Phi) is 4.91. The first-order valence-corrected chi connectivity index (χ1v) is 7.15. The van der Waals surface area contributed by atoms with Gasteiger partial charge in [-0.1, -0.05) is 0 Å². The van der Waals surface area contributed by atoms with Gasteiger partial charge in [-0.05, 0) is 53.5 Å². The third kappa shape index (κ3) is 3.18. The van der Waals surface area contributed by atoms with E-state index in [1.54, 1.807) is 13.3 Å². The van der Waals surface area contributed by atoms with Crippen molar-refractivity contribution >= 4 is 39.3 Å². The maximum Gasteiger partial charge on any atom is 0.179 e. The molecule has 2 heterocycles. The van der Waals surface area contributed by atoms with Crippen molar-refractivity contribution in [2.75, 3.05) is 13.7 Å². The number of H-pyrrole nitrogens is 1. The number of hydrogen-bond acceptors (Lipinski definition) is 3. The third-order valence-electron chi connectivity index (χ3n) is 2.81. The molecule has 0 aromatic carbocycles. The number of aromatic amines is 1. The Labute approximate surface area is 120 Å². The van der Waals surface area contributed by atoms with E-state index in [9.17, 15) is 0 Å². The monoisotopic (exact) mass is 329 g/mol. The summed E-state index contributed by atoms with van der Waals surface area (Å²) in [5.41, 5.74) is 1.90. The summed E-state index contributed by atoms with van der Waals surface area (Å²) in [6, 6.07) is 2.00. The average molecular weight is 330 g/mol. The number of nitrogens with zero attached hydrogens (tertiary/aromatic N) is 2. The van der Waals surface area contributed by atoms with Crippen molar-refractivity contribution in [3.05, 3.63) is 21.5 Å². The summed E-state index contributed by atoms with van der Waals surface area (Å²) in [6.45, 7) is 1.72. The lowest BCUT2D eigenvalue weighted by Crippen LogP contribution is -2.00. The molecule has 0 spiro atoms. The van der Waals surface area contributed by atoms with Crippen LogP contribution in [0.25, 0.3) is 11.2 Å². The number of nitrogens with one attached hydrogen (secondary N) is 1. The summed E-state index contributed by atoms with van der Waals surface area (Å²) in [7, 11) is 1.73. The molecule has 0 aliphatic rings. The number of pyridine rings is 1. The van der Waals surface area contributed by atoms with E-state index in [0.29, 0.717) is 0 Å². The number of halogens is 1. The molecule has 0 amide bonds. The van der Waals surface area contributed by atoms with Gasteiger partial charge in [0, 0.05) is 30.9 Å². The molecule has 0 aliphatic carbocycles. The van der Waals surface area contributed by atoms with Gasteiger partial charge in [-0.3, -0.25) is 0 Å². The summed E-state index contributed by atoms with van der Waals surface area (Å²) in [6.07, 6.45) is 5.11. The molecule has 18 heavy (non-hydrogen) atoms. The quantitative estimate of drug-likeness (QED) is 0.649. The predicted molar refractivity (Wildman–Crippen MR) is 78.3 cm³/mol. The SMILES string of the molecule is COCCCCCn1c(=S)[nH]c2cc(Br)cnc21. The highest BCUT2D eigenvalue weighted by molar-refractivity contribution is 9.10. The van der Waals surface area contributed by atoms with Crippen LogP contribution >= 0.6 is 28.1 Å². The zero-order chi connectivity index (χ0) is 13.0. The number of rotatable bonds is 6. The number of hydrogen-bond donors (Lipinski definition) is 1. The lowest BCUT2D eigenvalue weighted by atomic mass is 10.2. The molecular weight excluding hydrogens is 314 g/mol. The van der Waals surface area contributed by atoms with E-state index >= 15 is 0 Å². The van der Waals surface area contributed by atoms with E-state index < -0.39 is 0 Å². The van der Waals surface area contributed by atoms with E-state index in [4.69, 9.17) is 17.0 Å². The van der Waals surface area contributed by atoms with E-state index in [0.717, 1.165) is 52.8 Å². The molecule has 2 aromatic rings. The Morgan fingerprint density at radius 3 is 3.06 bits per heavy atom. The van der Waals surface area contributed by atoms with Crippen molar-refractivity contribution < 1.29 is 4.74 Å². The van der Waals surface area contributed by atoms with Crippen molar-refractivity contribution in [2.24, 2.45) is 0 Å². The maximum absolute atomic E-state index is 5.32. The van der Waals surface area contributed by atoms with Gasteiger partial charge in [0.05, 0.1) is 5.52 Å². The van der Waals surface area contributed by atoms with Crippen LogP contribution in [-0.4, -0.2) is 28.3 Å². The fourth-order valence-electron chi connectivity index (χ4n) is 1.92. The van der Waals surface area contributed by atoms with Gasteiger partial charge in [0.25, 0.3) is 0 Å². The smallest absolute Gasteiger partial charge is 0.179 e. The van der Waals surface area contributed by atoms with Gasteiger partial charge < -0.3 is 14.3 Å². The minimum atomic E-state index is 0.738. The Morgan fingerprint density at radius 2 is 2.28 bits per heavy atom. The standard InChI is InChI=1S/C12H16BrN3OS/c1-17-6-4-2-3-5-16-11-10(15-12(16)18)7-9(13)8-14-11/h7-8H,2-6H2,1H3,(H,15,18). The zero-order valence-electron chi connectivity index (χ0n) is 10.3. The predicted octanol–water partition coefficient (Wildman–Crippen LogP) is 3.67. The minimum Gasteiger partial charge on any atom is -0.385 e. The van der Waals surface area contributed by atoms with Crippen LogP contribution in [0.2, 0.25) is 0 Å². The molecule has 0 bridgehead atoms. The Morgan fingerprint density at radius 1 is 1.44 bits per heavy atom. The molecule has 0 radical (unpaired) electrons. The van der Waals surface area contributed by atoms with E-state index in [2.05, 4.69) is 30.5 Å². The molecule has 6 heteroatoms. The van der Waals surface area contributed by atoms with Crippen LogP contribution in [0.15, 0.2) is 16.7 Å². The lowest BCUT2D eigenvalue weighted by Gasteiger charge is -2.03. The Bertz CT molecular complexity index is 578. The number of aromatic nitrogens is 3. The molecule has 2 aromatic heterocycles. The second-order valence-corrected chi connectivity index (χ2v) is 5.46. The maximum atomic E-state index is 5.32. The van der Waals surface area contributed by atoms with Crippen LogP contribution in [0.3, 0.4) is 0 Å². The van der Waals surface area contributed by atoms with Crippen LogP contribution < -0.4 is 0 Å². The number of methoxy groups -OCH3 is 1. The summed E-state index contributed by atoms with van der Waals surface area (Å²) in [5.74, 6) is 0. The molecule has 2 rings (SSSR count). The van der Waals surface area contributed by atoms with E-state index in [-0.39, 0.29) is 0 Å². The number of aryl methyl sites for hydroxylation is 1. The van der Waals surface area contributed by atoms with Gasteiger partial charge in [-0.2, -0.15) is 0 Å². The van der Waals surface area contributed by atoms with Crippen LogP contribution in [0.1, 0.15) is 19.3 Å². The van der Waals surface area contributed by atoms with E-state index in [1.807, 2.05) is 6.07 Å². The van der Waals surface area contributed by atoms with Crippen LogP contribution in [0.4, 0.5) is 0 Å². The highest BCUT2D eigenvalue weighted by Gasteiger charge is 2.05. The summed E-state index contributed by atoms with van der Waals surface area (Å²) < 4.78 is 8.79. The third-order valence-corrected chi connectivity index (χ3v) is 3.56. The number of fused-ring (bicyclic) bond motifs is 1. The second kappa shape index (κ2) is 6.45. The average Bonchev–Trinajstić information content (AvgIpc) is 2.64. The normalized spacial score (nSPS) is 11.2. The summed E-state index contributed by atoms with van der Waals surface area (Å²) >= 11 is 8.73. The molecule has 0 aliphatic heterocycles. The van der Waals surface area contributed by atoms with Crippen molar-refractivity contribution in [2.45, 2.75) is 25.8 Å². The Balaban J connectivity index is 2.08. The number of imidazole rings is 1. The van der Waals surface area contributed by atoms with Gasteiger partial charge >= 0.3 is 0 Å². The van der Waals surface area contributed by atoms with Crippen molar-refractivity contribution in [3.8, 4) is 0 Å². The highest BCUT2D eigenvalue weighted by Crippen LogP contribution is 2.17. The van der Waals surface area contributed by atoms with E-state index in [1.165, 1.54) is 0 Å². The Hall–Kier alpha value is -0.720. The molecular formula is C12H16BrN3OS. The largest absolute Gasteiger partial charge is 0.385 e.